The molecule has 5 rings (SSSR count). The average molecular weight is 571 g/mol. The minimum absolute atomic E-state index is 0.122. The normalized spacial score (nSPS) is 52.0. The van der Waals surface area contributed by atoms with Gasteiger partial charge in [-0.1, -0.05) is 68.4 Å². The largest absolute Gasteiger partial charge is 0.462 e. The maximum absolute atomic E-state index is 12.9. The maximum Gasteiger partial charge on any atom is 0.333 e. The zero-order valence-electron chi connectivity index (χ0n) is 27.7. The fraction of sp³-hybridized carbons (Fsp3) is 0.919. The molecular formula is C37H62O2S. The number of allylic oxidation sites excluding steroid dienone is 1. The van der Waals surface area contributed by atoms with E-state index in [0.717, 1.165) is 42.1 Å². The van der Waals surface area contributed by atoms with Crippen LogP contribution in [0.15, 0.2) is 11.6 Å². The van der Waals surface area contributed by atoms with E-state index in [2.05, 4.69) is 68.4 Å². The van der Waals surface area contributed by atoms with Crippen LogP contribution in [0.3, 0.4) is 0 Å². The van der Waals surface area contributed by atoms with Gasteiger partial charge in [-0.2, -0.15) is 12.6 Å². The molecule has 0 aromatic rings. The Morgan fingerprint density at radius 2 is 1.60 bits per heavy atom. The molecule has 12 atom stereocenters. The van der Waals surface area contributed by atoms with Gasteiger partial charge in [-0.05, 0) is 140 Å². The van der Waals surface area contributed by atoms with Gasteiger partial charge in [0.25, 0.3) is 0 Å². The molecular weight excluding hydrogens is 508 g/mol. The van der Waals surface area contributed by atoms with Crippen molar-refractivity contribution < 1.29 is 9.53 Å². The topological polar surface area (TPSA) is 26.3 Å². The van der Waals surface area contributed by atoms with E-state index >= 15 is 0 Å². The van der Waals surface area contributed by atoms with Crippen LogP contribution in [0, 0.1) is 68.5 Å². The molecule has 5 fully saturated rings. The van der Waals surface area contributed by atoms with Crippen molar-refractivity contribution in [3.63, 3.8) is 0 Å². The van der Waals surface area contributed by atoms with Crippen molar-refractivity contribution in [3.8, 4) is 0 Å². The molecule has 40 heavy (non-hydrogen) atoms. The number of carbonyl (C=O) groups is 1. The highest BCUT2D eigenvalue weighted by Gasteiger charge is 2.71. The zero-order valence-corrected chi connectivity index (χ0v) is 28.6. The second kappa shape index (κ2) is 10.3. The molecule has 0 amide bonds. The van der Waals surface area contributed by atoms with E-state index in [4.69, 9.17) is 17.4 Å². The molecule has 0 aromatic carbocycles. The number of hydrogen-bond acceptors (Lipinski definition) is 3. The summed E-state index contributed by atoms with van der Waals surface area (Å²) in [4.78, 5) is 12.9. The molecule has 228 valence electrons. The predicted molar refractivity (Wildman–Crippen MR) is 171 cm³/mol. The average Bonchev–Trinajstić information content (AvgIpc) is 2.89. The number of esters is 1. The molecule has 5 aliphatic rings. The van der Waals surface area contributed by atoms with Gasteiger partial charge in [0, 0.05) is 10.8 Å². The fourth-order valence-corrected chi connectivity index (χ4v) is 13.0. The third kappa shape index (κ3) is 4.26. The molecule has 0 N–H and O–H groups in total. The van der Waals surface area contributed by atoms with Gasteiger partial charge in [-0.15, -0.1) is 0 Å². The summed E-state index contributed by atoms with van der Waals surface area (Å²) in [6.45, 7) is 25.6. The van der Waals surface area contributed by atoms with Crippen LogP contribution in [0.1, 0.15) is 133 Å². The summed E-state index contributed by atoms with van der Waals surface area (Å²) < 4.78 is 5.60. The SMILES string of the molecule is CCCOC(=O)C(C)=CC1CC(S)C(C)(C)[C@@H]2CC[C@]3(C)[C@H](CC[C@@H]4[C@@H]5[C@@H](C)[C@H](C)CC[C@]5(C)CC[C@]43C)[C@@]12C. The van der Waals surface area contributed by atoms with E-state index in [1.807, 2.05) is 6.92 Å². The van der Waals surface area contributed by atoms with Crippen LogP contribution in [0.4, 0.5) is 0 Å². The van der Waals surface area contributed by atoms with Gasteiger partial charge in [0.2, 0.25) is 0 Å². The van der Waals surface area contributed by atoms with Crippen molar-refractivity contribution in [1.29, 1.82) is 0 Å². The molecule has 0 radical (unpaired) electrons. The van der Waals surface area contributed by atoms with Gasteiger partial charge < -0.3 is 4.74 Å². The second-order valence-corrected chi connectivity index (χ2v) is 17.9. The number of fused-ring (bicyclic) bond motifs is 7. The van der Waals surface area contributed by atoms with Crippen molar-refractivity contribution in [2.45, 2.75) is 139 Å². The van der Waals surface area contributed by atoms with E-state index in [-0.39, 0.29) is 16.8 Å². The summed E-state index contributed by atoms with van der Waals surface area (Å²) in [5, 5.41) is 0.350. The van der Waals surface area contributed by atoms with Crippen molar-refractivity contribution >= 4 is 18.6 Å². The molecule has 0 aromatic heterocycles. The third-order valence-corrected chi connectivity index (χ3v) is 16.3. The van der Waals surface area contributed by atoms with Gasteiger partial charge >= 0.3 is 5.97 Å². The Hall–Kier alpha value is -0.440. The molecule has 0 aliphatic heterocycles. The first-order valence-corrected chi connectivity index (χ1v) is 17.6. The Bertz CT molecular complexity index is 1020. The lowest BCUT2D eigenvalue weighted by Gasteiger charge is -2.75. The lowest BCUT2D eigenvalue weighted by atomic mass is 9.30. The Labute approximate surface area is 253 Å². The van der Waals surface area contributed by atoms with E-state index in [1.54, 1.807) is 0 Å². The van der Waals surface area contributed by atoms with Gasteiger partial charge in [0.1, 0.15) is 0 Å². The summed E-state index contributed by atoms with van der Waals surface area (Å²) >= 11 is 5.25. The number of hydrogen-bond donors (Lipinski definition) is 1. The summed E-state index contributed by atoms with van der Waals surface area (Å²) in [5.74, 6) is 4.96. The van der Waals surface area contributed by atoms with Crippen LogP contribution in [0.2, 0.25) is 0 Å². The van der Waals surface area contributed by atoms with Crippen molar-refractivity contribution in [2.75, 3.05) is 6.61 Å². The number of carbonyl (C=O) groups excluding carboxylic acids is 1. The second-order valence-electron chi connectivity index (χ2n) is 17.2. The summed E-state index contributed by atoms with van der Waals surface area (Å²) in [6.07, 6.45) is 15.4. The van der Waals surface area contributed by atoms with Gasteiger partial charge in [-0.3, -0.25) is 0 Å². The Morgan fingerprint density at radius 1 is 0.900 bits per heavy atom. The highest BCUT2D eigenvalue weighted by Crippen LogP contribution is 2.78. The minimum atomic E-state index is -0.122. The van der Waals surface area contributed by atoms with Crippen LogP contribution < -0.4 is 0 Å². The summed E-state index contributed by atoms with van der Waals surface area (Å²) in [6, 6.07) is 0. The standard InChI is InChI=1S/C37H62O2S/c1-11-20-39-32(38)24(3)21-26-22-30(40)33(5,6)28-15-17-36(9)29(37(26,28)10)13-12-27-31-25(4)23(2)14-16-34(31,7)18-19-35(27,36)8/h21,23,25-31,40H,11-20,22H2,1-10H3/t23-,25+,26?,27-,28+,29+,30?,31+,34-,35-,36-,37+/m1/s1. The van der Waals surface area contributed by atoms with Crippen molar-refractivity contribution in [2.24, 2.45) is 68.5 Å². The number of thiol groups is 1. The van der Waals surface area contributed by atoms with Gasteiger partial charge in [0.05, 0.1) is 6.61 Å². The Balaban J connectivity index is 1.56. The van der Waals surface area contributed by atoms with Crippen molar-refractivity contribution in [1.82, 2.24) is 0 Å². The highest BCUT2D eigenvalue weighted by molar-refractivity contribution is 7.81. The lowest BCUT2D eigenvalue weighted by Crippen LogP contribution is -2.68. The summed E-state index contributed by atoms with van der Waals surface area (Å²) in [5.41, 5.74) is 2.44. The lowest BCUT2D eigenvalue weighted by molar-refractivity contribution is -0.254. The fourth-order valence-electron chi connectivity index (χ4n) is 12.6. The molecule has 0 heterocycles. The van der Waals surface area contributed by atoms with Crippen LogP contribution in [0.25, 0.3) is 0 Å². The highest BCUT2D eigenvalue weighted by atomic mass is 32.1. The molecule has 5 saturated carbocycles. The van der Waals surface area contributed by atoms with Crippen LogP contribution in [0.5, 0.6) is 0 Å². The third-order valence-electron chi connectivity index (χ3n) is 15.4. The van der Waals surface area contributed by atoms with Crippen LogP contribution >= 0.6 is 12.6 Å². The van der Waals surface area contributed by atoms with Crippen LogP contribution in [-0.2, 0) is 9.53 Å². The Morgan fingerprint density at radius 3 is 2.27 bits per heavy atom. The predicted octanol–water partition coefficient (Wildman–Crippen LogP) is 10.2. The van der Waals surface area contributed by atoms with E-state index in [9.17, 15) is 4.79 Å². The van der Waals surface area contributed by atoms with E-state index in [1.165, 1.54) is 51.4 Å². The van der Waals surface area contributed by atoms with Gasteiger partial charge in [-0.25, -0.2) is 4.79 Å². The van der Waals surface area contributed by atoms with E-state index < -0.39 is 0 Å². The molecule has 2 nitrogen and oxygen atoms in total. The minimum Gasteiger partial charge on any atom is -0.462 e. The zero-order chi connectivity index (χ0) is 29.5. The maximum atomic E-state index is 12.9. The molecule has 0 saturated heterocycles. The Kier molecular flexibility index (Phi) is 8.01. The molecule has 0 bridgehead atoms. The number of ether oxygens (including phenoxy) is 1. The summed E-state index contributed by atoms with van der Waals surface area (Å²) in [7, 11) is 0. The van der Waals surface area contributed by atoms with E-state index in [0.29, 0.717) is 45.9 Å². The molecule has 5 aliphatic carbocycles. The van der Waals surface area contributed by atoms with Gasteiger partial charge in [0.15, 0.2) is 0 Å². The molecule has 2 unspecified atom stereocenters. The first kappa shape index (κ1) is 31.0. The first-order chi connectivity index (χ1) is 18.6. The van der Waals surface area contributed by atoms with Crippen molar-refractivity contribution in [3.05, 3.63) is 11.6 Å². The monoisotopic (exact) mass is 570 g/mol. The molecule has 3 heteroatoms. The smallest absolute Gasteiger partial charge is 0.333 e. The van der Waals surface area contributed by atoms with Crippen LogP contribution in [-0.4, -0.2) is 17.8 Å². The first-order valence-electron chi connectivity index (χ1n) is 17.1. The molecule has 0 spiro atoms. The quantitative estimate of drug-likeness (QED) is 0.207. The number of rotatable bonds is 4.